The van der Waals surface area contributed by atoms with Crippen molar-refractivity contribution in [1.82, 2.24) is 15.2 Å². The SMILES string of the molecule is Cc1nnc(N/N=C\C=C\c2ccccc2)[nH]c1=O. The number of anilines is 1. The maximum Gasteiger partial charge on any atom is 0.274 e. The highest BCUT2D eigenvalue weighted by Gasteiger charge is 1.96. The first-order valence-electron chi connectivity index (χ1n) is 5.70. The Morgan fingerprint density at radius 1 is 1.26 bits per heavy atom. The molecule has 0 bridgehead atoms. The van der Waals surface area contributed by atoms with Crippen LogP contribution in [0.15, 0.2) is 46.3 Å². The predicted octanol–water partition coefficient (Wildman–Crippen LogP) is 1.58. The highest BCUT2D eigenvalue weighted by molar-refractivity contribution is 5.78. The summed E-state index contributed by atoms with van der Waals surface area (Å²) >= 11 is 0. The Balaban J connectivity index is 1.92. The Labute approximate surface area is 109 Å². The highest BCUT2D eigenvalue weighted by atomic mass is 16.1. The molecular formula is C13H13N5O. The molecule has 2 rings (SSSR count). The molecule has 96 valence electrons. The van der Waals surface area contributed by atoms with Crippen LogP contribution < -0.4 is 11.0 Å². The first-order valence-corrected chi connectivity index (χ1v) is 5.70. The molecule has 1 aromatic carbocycles. The highest BCUT2D eigenvalue weighted by Crippen LogP contribution is 1.99. The van der Waals surface area contributed by atoms with Crippen LogP contribution in [0.2, 0.25) is 0 Å². The van der Waals surface area contributed by atoms with Gasteiger partial charge in [-0.05, 0) is 18.6 Å². The molecule has 1 aromatic heterocycles. The van der Waals surface area contributed by atoms with Gasteiger partial charge in [0.2, 0.25) is 5.95 Å². The number of hydrazone groups is 1. The van der Waals surface area contributed by atoms with Crippen LogP contribution in [-0.4, -0.2) is 21.4 Å². The van der Waals surface area contributed by atoms with Crippen LogP contribution in [0.3, 0.4) is 0 Å². The zero-order valence-corrected chi connectivity index (χ0v) is 10.4. The van der Waals surface area contributed by atoms with Crippen molar-refractivity contribution in [3.05, 3.63) is 58.0 Å². The minimum absolute atomic E-state index is 0.208. The van der Waals surface area contributed by atoms with E-state index in [4.69, 9.17) is 0 Å². The smallest absolute Gasteiger partial charge is 0.274 e. The number of H-pyrrole nitrogens is 1. The van der Waals surface area contributed by atoms with Gasteiger partial charge < -0.3 is 0 Å². The molecule has 19 heavy (non-hydrogen) atoms. The lowest BCUT2D eigenvalue weighted by Crippen LogP contribution is -2.15. The molecular weight excluding hydrogens is 242 g/mol. The van der Waals surface area contributed by atoms with Gasteiger partial charge in [-0.1, -0.05) is 36.4 Å². The van der Waals surface area contributed by atoms with E-state index in [-0.39, 0.29) is 11.5 Å². The van der Waals surface area contributed by atoms with E-state index in [1.807, 2.05) is 36.4 Å². The van der Waals surface area contributed by atoms with E-state index in [1.54, 1.807) is 19.2 Å². The second-order valence-corrected chi connectivity index (χ2v) is 3.75. The predicted molar refractivity (Wildman–Crippen MR) is 75.0 cm³/mol. The number of allylic oxidation sites excluding steroid dienone is 1. The van der Waals surface area contributed by atoms with Crippen molar-refractivity contribution in [2.45, 2.75) is 6.92 Å². The molecule has 0 atom stereocenters. The average Bonchev–Trinajstić information content (AvgIpc) is 2.43. The largest absolute Gasteiger partial charge is 0.288 e. The number of hydrogen-bond acceptors (Lipinski definition) is 5. The Morgan fingerprint density at radius 3 is 2.79 bits per heavy atom. The Bertz CT molecular complexity index is 646. The monoisotopic (exact) mass is 255 g/mol. The number of hydrogen-bond donors (Lipinski definition) is 2. The van der Waals surface area contributed by atoms with Gasteiger partial charge in [-0.15, -0.1) is 10.2 Å². The lowest BCUT2D eigenvalue weighted by molar-refractivity contribution is 0.897. The molecule has 0 aliphatic carbocycles. The standard InChI is InChI=1S/C13H13N5O/c1-10-12(19)15-13(18-16-10)17-14-9-5-8-11-6-3-2-4-7-11/h2-9H,1H3,(H2,15,17,18,19)/b8-5+,14-9-. The third-order valence-corrected chi connectivity index (χ3v) is 2.28. The van der Waals surface area contributed by atoms with Crippen molar-refractivity contribution in [1.29, 1.82) is 0 Å². The summed E-state index contributed by atoms with van der Waals surface area (Å²) in [6.45, 7) is 1.58. The van der Waals surface area contributed by atoms with Gasteiger partial charge in [0.05, 0.1) is 0 Å². The van der Waals surface area contributed by atoms with Crippen LogP contribution in [0.5, 0.6) is 0 Å². The van der Waals surface area contributed by atoms with E-state index in [2.05, 4.69) is 25.7 Å². The summed E-state index contributed by atoms with van der Waals surface area (Å²) in [5.74, 6) is 0.208. The number of nitrogens with one attached hydrogen (secondary N) is 2. The lowest BCUT2D eigenvalue weighted by Gasteiger charge is -1.96. The molecule has 0 amide bonds. The number of benzene rings is 1. The molecule has 2 aromatic rings. The number of nitrogens with zero attached hydrogens (tertiary/aromatic N) is 3. The Kier molecular flexibility index (Phi) is 4.17. The van der Waals surface area contributed by atoms with Crippen LogP contribution in [-0.2, 0) is 0 Å². The molecule has 2 N–H and O–H groups in total. The summed E-state index contributed by atoms with van der Waals surface area (Å²) in [5, 5.41) is 11.3. The second kappa shape index (κ2) is 6.25. The Hall–Kier alpha value is -2.76. The van der Waals surface area contributed by atoms with E-state index >= 15 is 0 Å². The fourth-order valence-electron chi connectivity index (χ4n) is 1.30. The van der Waals surface area contributed by atoms with Crippen LogP contribution in [0, 0.1) is 6.92 Å². The topological polar surface area (TPSA) is 83.0 Å². The zero-order chi connectivity index (χ0) is 13.5. The average molecular weight is 255 g/mol. The van der Waals surface area contributed by atoms with Crippen molar-refractivity contribution in [2.24, 2.45) is 5.10 Å². The minimum atomic E-state index is -0.285. The number of aromatic amines is 1. The van der Waals surface area contributed by atoms with Gasteiger partial charge in [0.25, 0.3) is 5.56 Å². The molecule has 6 heteroatoms. The summed E-state index contributed by atoms with van der Waals surface area (Å²) in [5.41, 5.74) is 3.70. The van der Waals surface area contributed by atoms with Crippen molar-refractivity contribution < 1.29 is 0 Å². The molecule has 0 unspecified atom stereocenters. The molecule has 6 nitrogen and oxygen atoms in total. The van der Waals surface area contributed by atoms with Crippen LogP contribution >= 0.6 is 0 Å². The zero-order valence-electron chi connectivity index (χ0n) is 10.4. The first kappa shape index (κ1) is 12.7. The van der Waals surface area contributed by atoms with Crippen molar-refractivity contribution in [3.63, 3.8) is 0 Å². The molecule has 0 fully saturated rings. The van der Waals surface area contributed by atoms with E-state index in [0.29, 0.717) is 5.69 Å². The molecule has 0 radical (unpaired) electrons. The van der Waals surface area contributed by atoms with Gasteiger partial charge in [-0.25, -0.2) is 5.43 Å². The molecule has 0 spiro atoms. The number of aromatic nitrogens is 3. The minimum Gasteiger partial charge on any atom is -0.288 e. The fourth-order valence-corrected chi connectivity index (χ4v) is 1.30. The number of rotatable bonds is 4. The first-order chi connectivity index (χ1) is 9.25. The molecule has 0 saturated heterocycles. The maximum absolute atomic E-state index is 11.2. The third kappa shape index (κ3) is 3.88. The Morgan fingerprint density at radius 2 is 2.05 bits per heavy atom. The van der Waals surface area contributed by atoms with Crippen LogP contribution in [0.25, 0.3) is 6.08 Å². The summed E-state index contributed by atoms with van der Waals surface area (Å²) in [6.07, 6.45) is 5.25. The van der Waals surface area contributed by atoms with Crippen molar-refractivity contribution in [2.75, 3.05) is 5.43 Å². The number of aryl methyl sites for hydroxylation is 1. The summed E-state index contributed by atoms with van der Waals surface area (Å²) < 4.78 is 0. The van der Waals surface area contributed by atoms with Crippen molar-refractivity contribution >= 4 is 18.2 Å². The van der Waals surface area contributed by atoms with Crippen LogP contribution in [0.4, 0.5) is 5.95 Å². The maximum atomic E-state index is 11.2. The second-order valence-electron chi connectivity index (χ2n) is 3.75. The fraction of sp³-hybridized carbons (Fsp3) is 0.0769. The molecule has 0 saturated carbocycles. The molecule has 0 aliphatic heterocycles. The van der Waals surface area contributed by atoms with Crippen LogP contribution in [0.1, 0.15) is 11.3 Å². The van der Waals surface area contributed by atoms with Gasteiger partial charge in [0.15, 0.2) is 0 Å². The van der Waals surface area contributed by atoms with Gasteiger partial charge in [0.1, 0.15) is 5.69 Å². The normalized spacial score (nSPS) is 11.2. The van der Waals surface area contributed by atoms with Gasteiger partial charge in [0, 0.05) is 6.21 Å². The van der Waals surface area contributed by atoms with E-state index in [9.17, 15) is 4.79 Å². The van der Waals surface area contributed by atoms with E-state index in [1.165, 1.54) is 0 Å². The lowest BCUT2D eigenvalue weighted by atomic mass is 10.2. The van der Waals surface area contributed by atoms with Gasteiger partial charge in [-0.3, -0.25) is 9.78 Å². The van der Waals surface area contributed by atoms with E-state index in [0.717, 1.165) is 5.56 Å². The van der Waals surface area contributed by atoms with Crippen molar-refractivity contribution in [3.8, 4) is 0 Å². The van der Waals surface area contributed by atoms with Gasteiger partial charge >= 0.3 is 0 Å². The molecule has 1 heterocycles. The summed E-state index contributed by atoms with van der Waals surface area (Å²) in [7, 11) is 0. The quantitative estimate of drug-likeness (QED) is 0.642. The summed E-state index contributed by atoms with van der Waals surface area (Å²) in [6, 6.07) is 9.85. The van der Waals surface area contributed by atoms with Gasteiger partial charge in [-0.2, -0.15) is 5.10 Å². The third-order valence-electron chi connectivity index (χ3n) is 2.28. The molecule has 0 aliphatic rings. The van der Waals surface area contributed by atoms with E-state index < -0.39 is 0 Å². The summed E-state index contributed by atoms with van der Waals surface area (Å²) in [4.78, 5) is 13.8.